The summed E-state index contributed by atoms with van der Waals surface area (Å²) in [6.07, 6.45) is 0. The number of hydrogen-bond acceptors (Lipinski definition) is 7. The Bertz CT molecular complexity index is 1720. The van der Waals surface area contributed by atoms with Crippen molar-refractivity contribution < 1.29 is 22.7 Å². The average Bonchev–Trinajstić information content (AvgIpc) is 3.51. The van der Waals surface area contributed by atoms with Crippen LogP contribution in [0.3, 0.4) is 0 Å². The first-order valence-corrected chi connectivity index (χ1v) is 14.6. The molecule has 6 rings (SSSR count). The first-order valence-electron chi connectivity index (χ1n) is 12.4. The van der Waals surface area contributed by atoms with E-state index >= 15 is 0 Å². The van der Waals surface area contributed by atoms with Crippen LogP contribution in [0.5, 0.6) is 11.5 Å². The molecule has 0 radical (unpaired) electrons. The number of carbonyl (C=O) groups is 1. The minimum atomic E-state index is -4.18. The lowest BCUT2D eigenvalue weighted by molar-refractivity contribution is -0.133. The summed E-state index contributed by atoms with van der Waals surface area (Å²) in [6.45, 7) is 3.08. The number of ether oxygens (including phenoxy) is 2. The SMILES string of the molecule is O=C(Cn1c(=O)n(S(=O)(=O)c2ccc(Br)cc2)c2ccccc21)N1CCN(Cc2ccc3c(c2)OCO3)CC1. The number of halogens is 1. The smallest absolute Gasteiger partial charge is 0.343 e. The van der Waals surface area contributed by atoms with Crippen LogP contribution in [0.4, 0.5) is 0 Å². The second-order valence-corrected chi connectivity index (χ2v) is 12.1. The number of hydrogen-bond donors (Lipinski definition) is 0. The zero-order chi connectivity index (χ0) is 27.1. The Kier molecular flexibility index (Phi) is 6.69. The van der Waals surface area contributed by atoms with Gasteiger partial charge in [0, 0.05) is 37.2 Å². The van der Waals surface area contributed by atoms with Crippen LogP contribution >= 0.6 is 15.9 Å². The Balaban J connectivity index is 1.19. The number of imidazole rings is 1. The van der Waals surface area contributed by atoms with E-state index in [1.54, 1.807) is 41.3 Å². The van der Waals surface area contributed by atoms with Crippen LogP contribution in [-0.4, -0.2) is 65.6 Å². The van der Waals surface area contributed by atoms with Crippen LogP contribution in [0.25, 0.3) is 11.0 Å². The van der Waals surface area contributed by atoms with E-state index in [4.69, 9.17) is 9.47 Å². The molecule has 1 aromatic heterocycles. The van der Waals surface area contributed by atoms with E-state index in [0.29, 0.717) is 31.7 Å². The second-order valence-electron chi connectivity index (χ2n) is 9.43. The van der Waals surface area contributed by atoms with Gasteiger partial charge in [0.15, 0.2) is 11.5 Å². The third-order valence-corrected chi connectivity index (χ3v) is 9.24. The summed E-state index contributed by atoms with van der Waals surface area (Å²) in [7, 11) is -4.18. The number of carbonyl (C=O) groups excluding carboxylic acids is 1. The molecule has 1 amide bonds. The first-order chi connectivity index (χ1) is 18.8. The minimum Gasteiger partial charge on any atom is -0.454 e. The Morgan fingerprint density at radius 3 is 2.31 bits per heavy atom. The monoisotopic (exact) mass is 612 g/mol. The van der Waals surface area contributed by atoms with Crippen molar-refractivity contribution in [3.05, 3.63) is 87.3 Å². The summed E-state index contributed by atoms with van der Waals surface area (Å²) in [6, 6.07) is 18.6. The molecule has 0 atom stereocenters. The fourth-order valence-corrected chi connectivity index (χ4v) is 6.64. The number of benzene rings is 3. The summed E-state index contributed by atoms with van der Waals surface area (Å²) in [5.41, 5.74) is 0.948. The number of fused-ring (bicyclic) bond motifs is 2. The summed E-state index contributed by atoms with van der Waals surface area (Å²) in [4.78, 5) is 30.7. The quantitative estimate of drug-likeness (QED) is 0.330. The van der Waals surface area contributed by atoms with Gasteiger partial charge in [-0.15, -0.1) is 0 Å². The van der Waals surface area contributed by atoms with Gasteiger partial charge in [0.25, 0.3) is 10.0 Å². The summed E-state index contributed by atoms with van der Waals surface area (Å²) < 4.78 is 40.5. The molecule has 2 aliphatic rings. The van der Waals surface area contributed by atoms with Crippen molar-refractivity contribution in [2.45, 2.75) is 18.0 Å². The molecule has 10 nitrogen and oxygen atoms in total. The molecule has 3 aromatic carbocycles. The normalized spacial score (nSPS) is 15.7. The highest BCUT2D eigenvalue weighted by atomic mass is 79.9. The summed E-state index contributed by atoms with van der Waals surface area (Å²) in [5.74, 6) is 1.26. The van der Waals surface area contributed by atoms with Gasteiger partial charge in [-0.2, -0.15) is 3.97 Å². The lowest BCUT2D eigenvalue weighted by Crippen LogP contribution is -2.49. The van der Waals surface area contributed by atoms with E-state index in [2.05, 4.69) is 20.8 Å². The van der Waals surface area contributed by atoms with Crippen LogP contribution in [-0.2, 0) is 27.9 Å². The molecule has 2 aliphatic heterocycles. The van der Waals surface area contributed by atoms with Crippen LogP contribution < -0.4 is 15.2 Å². The Morgan fingerprint density at radius 1 is 0.872 bits per heavy atom. The summed E-state index contributed by atoms with van der Waals surface area (Å²) in [5, 5.41) is 0. The highest BCUT2D eigenvalue weighted by Gasteiger charge is 2.28. The fraction of sp³-hybridized carbons (Fsp3) is 0.259. The van der Waals surface area contributed by atoms with Crippen molar-refractivity contribution in [2.24, 2.45) is 0 Å². The molecule has 0 aliphatic carbocycles. The number of amides is 1. The van der Waals surface area contributed by atoms with Crippen molar-refractivity contribution in [3.8, 4) is 11.5 Å². The van der Waals surface area contributed by atoms with Crippen molar-refractivity contribution >= 4 is 42.9 Å². The van der Waals surface area contributed by atoms with Crippen molar-refractivity contribution in [2.75, 3.05) is 33.0 Å². The molecule has 1 fully saturated rings. The van der Waals surface area contributed by atoms with Gasteiger partial charge < -0.3 is 14.4 Å². The minimum absolute atomic E-state index is 0.0133. The van der Waals surface area contributed by atoms with E-state index < -0.39 is 15.7 Å². The third kappa shape index (κ3) is 4.83. The van der Waals surface area contributed by atoms with Crippen molar-refractivity contribution in [3.63, 3.8) is 0 Å². The molecule has 3 heterocycles. The van der Waals surface area contributed by atoms with Crippen LogP contribution in [0.1, 0.15) is 5.56 Å². The largest absolute Gasteiger partial charge is 0.454 e. The number of aromatic nitrogens is 2. The van der Waals surface area contributed by atoms with Crippen molar-refractivity contribution in [1.29, 1.82) is 0 Å². The zero-order valence-electron chi connectivity index (χ0n) is 20.8. The van der Waals surface area contributed by atoms with Gasteiger partial charge in [0.05, 0.1) is 15.9 Å². The Labute approximate surface area is 233 Å². The fourth-order valence-electron chi connectivity index (χ4n) is 4.97. The highest BCUT2D eigenvalue weighted by molar-refractivity contribution is 9.10. The van der Waals surface area contributed by atoms with Gasteiger partial charge in [-0.1, -0.05) is 34.1 Å². The molecule has 0 spiro atoms. The maximum absolute atomic E-state index is 13.5. The number of piperazine rings is 1. The number of para-hydroxylation sites is 2. The van der Waals surface area contributed by atoms with E-state index in [0.717, 1.165) is 32.1 Å². The molecule has 4 aromatic rings. The topological polar surface area (TPSA) is 103 Å². The molecule has 12 heteroatoms. The van der Waals surface area contributed by atoms with Gasteiger partial charge in [0.2, 0.25) is 12.7 Å². The van der Waals surface area contributed by atoms with Gasteiger partial charge in [0.1, 0.15) is 6.54 Å². The number of nitrogens with zero attached hydrogens (tertiary/aromatic N) is 4. The molecule has 0 unspecified atom stereocenters. The standard InChI is InChI=1S/C27H25BrN4O6S/c28-20-6-8-21(9-7-20)39(35,36)32-23-4-2-1-3-22(23)31(27(32)34)17-26(33)30-13-11-29(12-14-30)16-19-5-10-24-25(15-19)38-18-37-24/h1-10,15H,11-14,16-18H2. The number of rotatable bonds is 6. The lowest BCUT2D eigenvalue weighted by atomic mass is 10.1. The third-order valence-electron chi connectivity index (χ3n) is 7.01. The molecule has 1 saturated heterocycles. The molecular weight excluding hydrogens is 588 g/mol. The van der Waals surface area contributed by atoms with Gasteiger partial charge in [-0.05, 0) is 54.1 Å². The van der Waals surface area contributed by atoms with Crippen molar-refractivity contribution in [1.82, 2.24) is 18.3 Å². The molecule has 0 bridgehead atoms. The Hall–Kier alpha value is -3.61. The summed E-state index contributed by atoms with van der Waals surface area (Å²) >= 11 is 3.30. The van der Waals surface area contributed by atoms with Crippen LogP contribution in [0.2, 0.25) is 0 Å². The van der Waals surface area contributed by atoms with Gasteiger partial charge in [-0.3, -0.25) is 14.3 Å². The Morgan fingerprint density at radius 2 is 1.56 bits per heavy atom. The molecule has 39 heavy (non-hydrogen) atoms. The maximum atomic E-state index is 13.5. The van der Waals surface area contributed by atoms with Crippen LogP contribution in [0.15, 0.2) is 80.9 Å². The predicted molar refractivity (Wildman–Crippen MR) is 147 cm³/mol. The molecular formula is C27H25BrN4O6S. The van der Waals surface area contributed by atoms with Crippen LogP contribution in [0, 0.1) is 0 Å². The van der Waals surface area contributed by atoms with E-state index in [1.807, 2.05) is 18.2 Å². The predicted octanol–water partition coefficient (Wildman–Crippen LogP) is 2.88. The van der Waals surface area contributed by atoms with Gasteiger partial charge in [-0.25, -0.2) is 13.2 Å². The maximum Gasteiger partial charge on any atom is 0.343 e. The zero-order valence-corrected chi connectivity index (χ0v) is 23.2. The van der Waals surface area contributed by atoms with E-state index in [9.17, 15) is 18.0 Å². The molecule has 0 saturated carbocycles. The first kappa shape index (κ1) is 25.7. The average molecular weight is 613 g/mol. The van der Waals surface area contributed by atoms with E-state index in [1.165, 1.54) is 16.7 Å². The highest BCUT2D eigenvalue weighted by Crippen LogP contribution is 2.33. The molecule has 0 N–H and O–H groups in total. The molecule has 202 valence electrons. The lowest BCUT2D eigenvalue weighted by Gasteiger charge is -2.34. The van der Waals surface area contributed by atoms with E-state index in [-0.39, 0.29) is 29.7 Å². The second kappa shape index (κ2) is 10.2. The van der Waals surface area contributed by atoms with Gasteiger partial charge >= 0.3 is 5.69 Å².